The Balaban J connectivity index is 1.90. The molecule has 1 amide bonds. The van der Waals surface area contributed by atoms with Crippen LogP contribution in [0.2, 0.25) is 0 Å². The van der Waals surface area contributed by atoms with E-state index >= 15 is 0 Å². The molecule has 0 unspecified atom stereocenters. The number of carbonyl (C=O) groups is 1. The number of rotatable bonds is 4. The maximum Gasteiger partial charge on any atom is 0.410 e. The van der Waals surface area contributed by atoms with E-state index in [0.717, 1.165) is 11.3 Å². The molecule has 1 aromatic rings. The third-order valence-corrected chi connectivity index (χ3v) is 4.27. The van der Waals surface area contributed by atoms with Gasteiger partial charge in [-0.1, -0.05) is 12.1 Å². The van der Waals surface area contributed by atoms with Gasteiger partial charge in [0.05, 0.1) is 13.2 Å². The van der Waals surface area contributed by atoms with Crippen LogP contribution < -0.4 is 10.1 Å². The molecular formula is C19H27N3O3. The van der Waals surface area contributed by atoms with E-state index in [2.05, 4.69) is 11.4 Å². The summed E-state index contributed by atoms with van der Waals surface area (Å²) in [5.74, 6) is 0.810. The second-order valence-electron chi connectivity index (χ2n) is 7.36. The van der Waals surface area contributed by atoms with Crippen molar-refractivity contribution in [3.63, 3.8) is 0 Å². The Morgan fingerprint density at radius 1 is 1.28 bits per heavy atom. The topological polar surface area (TPSA) is 74.6 Å². The smallest absolute Gasteiger partial charge is 0.410 e. The van der Waals surface area contributed by atoms with Crippen LogP contribution in [0.25, 0.3) is 0 Å². The van der Waals surface area contributed by atoms with Crippen LogP contribution in [0.1, 0.15) is 39.2 Å². The number of likely N-dealkylation sites (tertiary alicyclic amines) is 1. The van der Waals surface area contributed by atoms with Crippen LogP contribution in [-0.4, -0.2) is 42.3 Å². The molecule has 25 heavy (non-hydrogen) atoms. The van der Waals surface area contributed by atoms with Crippen molar-refractivity contribution in [3.8, 4) is 11.8 Å². The first kappa shape index (κ1) is 19.1. The van der Waals surface area contributed by atoms with Gasteiger partial charge in [-0.25, -0.2) is 4.79 Å². The van der Waals surface area contributed by atoms with Gasteiger partial charge in [-0.3, -0.25) is 5.32 Å². The van der Waals surface area contributed by atoms with E-state index in [4.69, 9.17) is 9.47 Å². The van der Waals surface area contributed by atoms with Crippen molar-refractivity contribution in [2.45, 2.75) is 51.3 Å². The van der Waals surface area contributed by atoms with Crippen LogP contribution in [0.3, 0.4) is 0 Å². The van der Waals surface area contributed by atoms with Crippen LogP contribution in [0.4, 0.5) is 4.79 Å². The van der Waals surface area contributed by atoms with Gasteiger partial charge < -0.3 is 14.4 Å². The molecule has 6 nitrogen and oxygen atoms in total. The molecule has 1 N–H and O–H groups in total. The van der Waals surface area contributed by atoms with E-state index in [0.29, 0.717) is 32.5 Å². The van der Waals surface area contributed by atoms with E-state index in [9.17, 15) is 10.1 Å². The first-order valence-corrected chi connectivity index (χ1v) is 8.54. The fourth-order valence-electron chi connectivity index (χ4n) is 2.74. The Kier molecular flexibility index (Phi) is 5.91. The molecule has 0 saturated carbocycles. The second-order valence-corrected chi connectivity index (χ2v) is 7.36. The minimum atomic E-state index is -0.613. The minimum absolute atomic E-state index is 0.311. The first-order valence-electron chi connectivity index (χ1n) is 8.54. The number of amides is 1. The second kappa shape index (κ2) is 7.75. The van der Waals surface area contributed by atoms with Crippen molar-refractivity contribution >= 4 is 6.09 Å². The minimum Gasteiger partial charge on any atom is -0.497 e. The maximum absolute atomic E-state index is 12.1. The molecule has 1 heterocycles. The predicted octanol–water partition coefficient (Wildman–Crippen LogP) is 3.08. The van der Waals surface area contributed by atoms with E-state index < -0.39 is 11.1 Å². The molecule has 0 aromatic heterocycles. The van der Waals surface area contributed by atoms with Gasteiger partial charge in [-0.2, -0.15) is 5.26 Å². The van der Waals surface area contributed by atoms with Crippen molar-refractivity contribution in [2.75, 3.05) is 20.2 Å². The number of nitrogens with zero attached hydrogens (tertiary/aromatic N) is 2. The Morgan fingerprint density at radius 2 is 1.88 bits per heavy atom. The van der Waals surface area contributed by atoms with Gasteiger partial charge >= 0.3 is 6.09 Å². The zero-order chi connectivity index (χ0) is 18.5. The lowest BCUT2D eigenvalue weighted by molar-refractivity contribution is 0.0174. The van der Waals surface area contributed by atoms with Crippen molar-refractivity contribution in [3.05, 3.63) is 29.8 Å². The highest BCUT2D eigenvalue weighted by atomic mass is 16.6. The van der Waals surface area contributed by atoms with Gasteiger partial charge in [0.1, 0.15) is 16.9 Å². The summed E-state index contributed by atoms with van der Waals surface area (Å²) in [4.78, 5) is 13.8. The quantitative estimate of drug-likeness (QED) is 0.908. The molecule has 0 spiro atoms. The Labute approximate surface area is 149 Å². The number of piperidine rings is 1. The zero-order valence-corrected chi connectivity index (χ0v) is 15.5. The Morgan fingerprint density at radius 3 is 2.36 bits per heavy atom. The molecule has 1 fully saturated rings. The van der Waals surface area contributed by atoms with Gasteiger partial charge in [0, 0.05) is 19.6 Å². The van der Waals surface area contributed by atoms with Crippen molar-refractivity contribution in [2.24, 2.45) is 0 Å². The molecule has 1 saturated heterocycles. The van der Waals surface area contributed by atoms with E-state index in [-0.39, 0.29) is 6.09 Å². The number of methoxy groups -OCH3 is 1. The number of benzene rings is 1. The molecular weight excluding hydrogens is 318 g/mol. The molecule has 2 rings (SSSR count). The zero-order valence-electron chi connectivity index (χ0n) is 15.5. The van der Waals surface area contributed by atoms with Gasteiger partial charge in [-0.15, -0.1) is 0 Å². The summed E-state index contributed by atoms with van der Waals surface area (Å²) in [7, 11) is 1.64. The average Bonchev–Trinajstić information content (AvgIpc) is 2.59. The van der Waals surface area contributed by atoms with Gasteiger partial charge in [0.25, 0.3) is 0 Å². The highest BCUT2D eigenvalue weighted by Gasteiger charge is 2.36. The third-order valence-electron chi connectivity index (χ3n) is 4.27. The van der Waals surface area contributed by atoms with Gasteiger partial charge in [-0.05, 0) is 51.3 Å². The lowest BCUT2D eigenvalue weighted by atomic mass is 9.89. The van der Waals surface area contributed by atoms with Crippen LogP contribution in [0, 0.1) is 11.3 Å². The fraction of sp³-hybridized carbons (Fsp3) is 0.579. The molecule has 6 heteroatoms. The van der Waals surface area contributed by atoms with Crippen molar-refractivity contribution < 1.29 is 14.3 Å². The van der Waals surface area contributed by atoms with Gasteiger partial charge in [0.15, 0.2) is 0 Å². The number of hydrogen-bond donors (Lipinski definition) is 1. The number of nitrogens with one attached hydrogen (secondary N) is 1. The van der Waals surface area contributed by atoms with Crippen molar-refractivity contribution in [1.29, 1.82) is 5.26 Å². The number of hydrogen-bond acceptors (Lipinski definition) is 5. The molecule has 0 bridgehead atoms. The molecule has 1 aliphatic rings. The summed E-state index contributed by atoms with van der Waals surface area (Å²) in [6.45, 7) is 7.18. The first-order chi connectivity index (χ1) is 11.8. The predicted molar refractivity (Wildman–Crippen MR) is 95.2 cm³/mol. The van der Waals surface area contributed by atoms with Crippen LogP contribution in [-0.2, 0) is 11.3 Å². The summed E-state index contributed by atoms with van der Waals surface area (Å²) in [5.41, 5.74) is -0.0312. The maximum atomic E-state index is 12.1. The summed E-state index contributed by atoms with van der Waals surface area (Å²) in [6.07, 6.45) is 0.854. The highest BCUT2D eigenvalue weighted by Crippen LogP contribution is 2.24. The van der Waals surface area contributed by atoms with Crippen LogP contribution in [0.5, 0.6) is 5.75 Å². The third kappa shape index (κ3) is 5.36. The summed E-state index contributed by atoms with van der Waals surface area (Å²) < 4.78 is 10.6. The van der Waals surface area contributed by atoms with E-state index in [1.807, 2.05) is 45.0 Å². The summed E-state index contributed by atoms with van der Waals surface area (Å²) in [6, 6.07) is 10.2. The lowest BCUT2D eigenvalue weighted by Crippen LogP contribution is -2.54. The van der Waals surface area contributed by atoms with E-state index in [1.54, 1.807) is 12.0 Å². The van der Waals surface area contributed by atoms with Crippen LogP contribution >= 0.6 is 0 Å². The lowest BCUT2D eigenvalue weighted by Gasteiger charge is -2.38. The normalized spacial score (nSPS) is 16.8. The summed E-state index contributed by atoms with van der Waals surface area (Å²) in [5, 5.41) is 13.0. The molecule has 1 aliphatic heterocycles. The largest absolute Gasteiger partial charge is 0.497 e. The fourth-order valence-corrected chi connectivity index (χ4v) is 2.74. The number of carbonyl (C=O) groups excluding carboxylic acids is 1. The van der Waals surface area contributed by atoms with Crippen LogP contribution in [0.15, 0.2) is 24.3 Å². The van der Waals surface area contributed by atoms with Crippen molar-refractivity contribution in [1.82, 2.24) is 10.2 Å². The standard InChI is InChI=1S/C19H27N3O3/c1-18(2,3)25-17(23)22-11-9-19(14-20,10-12-22)21-13-15-5-7-16(24-4)8-6-15/h5-8,21H,9-13H2,1-4H3. The molecule has 0 atom stereocenters. The van der Waals surface area contributed by atoms with E-state index in [1.165, 1.54) is 0 Å². The number of nitriles is 1. The molecule has 1 aromatic carbocycles. The molecule has 0 aliphatic carbocycles. The SMILES string of the molecule is COc1ccc(CNC2(C#N)CCN(C(=O)OC(C)(C)C)CC2)cc1. The molecule has 136 valence electrons. The number of ether oxygens (including phenoxy) is 2. The summed E-state index contributed by atoms with van der Waals surface area (Å²) >= 11 is 0. The average molecular weight is 345 g/mol. The van der Waals surface area contributed by atoms with Gasteiger partial charge in [0.2, 0.25) is 0 Å². The monoisotopic (exact) mass is 345 g/mol. The Hall–Kier alpha value is -2.26. The highest BCUT2D eigenvalue weighted by molar-refractivity contribution is 5.68. The Bertz CT molecular complexity index is 621. The molecule has 0 radical (unpaired) electrons.